The Morgan fingerprint density at radius 2 is 1.78 bits per heavy atom. The monoisotopic (exact) mass is 523 g/mol. The molecule has 0 saturated heterocycles. The van der Waals surface area contributed by atoms with Gasteiger partial charge in [0.25, 0.3) is 0 Å². The minimum atomic E-state index is -3.73. The lowest BCUT2D eigenvalue weighted by Crippen LogP contribution is -2.52. The van der Waals surface area contributed by atoms with Gasteiger partial charge in [0.2, 0.25) is 21.8 Å². The van der Waals surface area contributed by atoms with Crippen LogP contribution in [0.2, 0.25) is 0 Å². The number of carbonyl (C=O) groups excluding carboxylic acids is 2. The first-order valence-corrected chi connectivity index (χ1v) is 13.0. The van der Waals surface area contributed by atoms with E-state index in [1.807, 2.05) is 44.2 Å². The average Bonchev–Trinajstić information content (AvgIpc) is 2.74. The fraction of sp³-hybridized carbons (Fsp3) is 0.391. The number of sulfonamides is 1. The van der Waals surface area contributed by atoms with Crippen molar-refractivity contribution in [1.82, 2.24) is 10.2 Å². The molecule has 1 N–H and O–H groups in total. The molecule has 174 valence electrons. The molecule has 0 spiro atoms. The molecule has 0 radical (unpaired) electrons. The highest BCUT2D eigenvalue weighted by atomic mass is 79.9. The van der Waals surface area contributed by atoms with Crippen molar-refractivity contribution in [2.45, 2.75) is 33.2 Å². The number of rotatable bonds is 10. The molecule has 2 amide bonds. The zero-order chi connectivity index (χ0) is 23.9. The fourth-order valence-electron chi connectivity index (χ4n) is 3.29. The lowest BCUT2D eigenvalue weighted by Gasteiger charge is -2.31. The zero-order valence-corrected chi connectivity index (χ0v) is 21.2. The lowest BCUT2D eigenvalue weighted by atomic mass is 10.1. The summed E-state index contributed by atoms with van der Waals surface area (Å²) >= 11 is 3.41. The van der Waals surface area contributed by atoms with Gasteiger partial charge in [-0.3, -0.25) is 13.9 Å². The van der Waals surface area contributed by atoms with Gasteiger partial charge in [0, 0.05) is 17.6 Å². The number of anilines is 1. The Labute approximate surface area is 199 Å². The van der Waals surface area contributed by atoms with E-state index < -0.39 is 28.5 Å². The Balaban J connectivity index is 2.31. The average molecular weight is 524 g/mol. The van der Waals surface area contributed by atoms with Crippen molar-refractivity contribution in [1.29, 1.82) is 0 Å². The molecular formula is C23H30BrN3O4S. The summed E-state index contributed by atoms with van der Waals surface area (Å²) in [6, 6.07) is 14.0. The number of aryl methyl sites for hydroxylation is 1. The molecule has 2 aromatic rings. The van der Waals surface area contributed by atoms with E-state index in [4.69, 9.17) is 0 Å². The van der Waals surface area contributed by atoms with Crippen molar-refractivity contribution >= 4 is 43.5 Å². The molecule has 1 atom stereocenters. The minimum Gasteiger partial charge on any atom is -0.355 e. The van der Waals surface area contributed by atoms with Gasteiger partial charge in [0.05, 0.1) is 11.9 Å². The molecule has 2 aromatic carbocycles. The van der Waals surface area contributed by atoms with Crippen molar-refractivity contribution in [2.24, 2.45) is 0 Å². The van der Waals surface area contributed by atoms with E-state index in [9.17, 15) is 18.0 Å². The van der Waals surface area contributed by atoms with Crippen LogP contribution in [0.25, 0.3) is 0 Å². The number of carbonyl (C=O) groups is 2. The van der Waals surface area contributed by atoms with Crippen LogP contribution in [-0.2, 0) is 26.0 Å². The molecule has 0 aromatic heterocycles. The third-order valence-corrected chi connectivity index (χ3v) is 7.14. The quantitative estimate of drug-likeness (QED) is 0.518. The van der Waals surface area contributed by atoms with Crippen LogP contribution in [0.5, 0.6) is 0 Å². The molecule has 0 fully saturated rings. The van der Waals surface area contributed by atoms with Crippen molar-refractivity contribution in [2.75, 3.05) is 30.2 Å². The van der Waals surface area contributed by atoms with Gasteiger partial charge in [-0.05, 0) is 56.5 Å². The Hall–Kier alpha value is -2.39. The number of benzene rings is 2. The van der Waals surface area contributed by atoms with E-state index in [1.54, 1.807) is 25.1 Å². The van der Waals surface area contributed by atoms with Gasteiger partial charge in [0.15, 0.2) is 0 Å². The van der Waals surface area contributed by atoms with Crippen LogP contribution in [-0.4, -0.2) is 57.1 Å². The number of hydrogen-bond donors (Lipinski definition) is 1. The molecule has 0 aliphatic carbocycles. The number of amides is 2. The largest absolute Gasteiger partial charge is 0.355 e. The standard InChI is InChI=1S/C23H30BrN3O4S/c1-5-25-23(29)18(3)26(14-13-19-9-7-6-8-10-19)22(28)16-27(32(4,30)31)20-11-12-21(24)17(2)15-20/h6-12,15,18H,5,13-14,16H2,1-4H3,(H,25,29). The third-order valence-electron chi connectivity index (χ3n) is 5.11. The number of nitrogens with one attached hydrogen (secondary N) is 1. The maximum absolute atomic E-state index is 13.3. The summed E-state index contributed by atoms with van der Waals surface area (Å²) in [5.74, 6) is -0.718. The minimum absolute atomic E-state index is 0.278. The first-order valence-electron chi connectivity index (χ1n) is 10.4. The third kappa shape index (κ3) is 7.06. The SMILES string of the molecule is CCNC(=O)C(C)N(CCc1ccccc1)C(=O)CN(c1ccc(Br)c(C)c1)S(C)(=O)=O. The molecule has 0 aliphatic rings. The van der Waals surface area contributed by atoms with Crippen molar-refractivity contribution in [3.8, 4) is 0 Å². The Morgan fingerprint density at radius 1 is 1.12 bits per heavy atom. The number of halogens is 1. The maximum Gasteiger partial charge on any atom is 0.244 e. The van der Waals surface area contributed by atoms with E-state index in [-0.39, 0.29) is 12.5 Å². The topological polar surface area (TPSA) is 86.8 Å². The maximum atomic E-state index is 13.3. The first-order chi connectivity index (χ1) is 15.0. The van der Waals surface area contributed by atoms with Crippen LogP contribution in [0.4, 0.5) is 5.69 Å². The molecule has 0 heterocycles. The van der Waals surface area contributed by atoms with E-state index in [0.717, 1.165) is 26.2 Å². The summed E-state index contributed by atoms with van der Waals surface area (Å²) in [7, 11) is -3.73. The number of hydrogen-bond acceptors (Lipinski definition) is 4. The highest BCUT2D eigenvalue weighted by Gasteiger charge is 2.29. The molecule has 9 heteroatoms. The second kappa shape index (κ2) is 11.5. The van der Waals surface area contributed by atoms with Gasteiger partial charge in [-0.2, -0.15) is 0 Å². The van der Waals surface area contributed by atoms with Gasteiger partial charge in [-0.1, -0.05) is 46.3 Å². The summed E-state index contributed by atoms with van der Waals surface area (Å²) in [5.41, 5.74) is 2.27. The van der Waals surface area contributed by atoms with Crippen LogP contribution in [0, 0.1) is 6.92 Å². The normalized spacial score (nSPS) is 12.2. The molecule has 32 heavy (non-hydrogen) atoms. The summed E-state index contributed by atoms with van der Waals surface area (Å²) in [6.07, 6.45) is 1.62. The second-order valence-electron chi connectivity index (χ2n) is 7.60. The zero-order valence-electron chi connectivity index (χ0n) is 18.8. The highest BCUT2D eigenvalue weighted by Crippen LogP contribution is 2.25. The van der Waals surface area contributed by atoms with E-state index in [1.165, 1.54) is 4.90 Å². The predicted octanol–water partition coefficient (Wildman–Crippen LogP) is 3.12. The Bertz CT molecular complexity index is 1040. The van der Waals surface area contributed by atoms with Crippen molar-refractivity contribution in [3.63, 3.8) is 0 Å². The van der Waals surface area contributed by atoms with Crippen LogP contribution >= 0.6 is 15.9 Å². The number of likely N-dealkylation sites (N-methyl/N-ethyl adjacent to an activating group) is 1. The van der Waals surface area contributed by atoms with E-state index >= 15 is 0 Å². The molecule has 0 aliphatic heterocycles. The van der Waals surface area contributed by atoms with Crippen LogP contribution < -0.4 is 9.62 Å². The molecule has 7 nitrogen and oxygen atoms in total. The molecular weight excluding hydrogens is 494 g/mol. The van der Waals surface area contributed by atoms with Gasteiger partial charge < -0.3 is 10.2 Å². The predicted molar refractivity (Wildman–Crippen MR) is 131 cm³/mol. The van der Waals surface area contributed by atoms with Crippen LogP contribution in [0.15, 0.2) is 53.0 Å². The van der Waals surface area contributed by atoms with Gasteiger partial charge in [0.1, 0.15) is 12.6 Å². The highest BCUT2D eigenvalue weighted by molar-refractivity contribution is 9.10. The van der Waals surface area contributed by atoms with Gasteiger partial charge >= 0.3 is 0 Å². The number of nitrogens with zero attached hydrogens (tertiary/aromatic N) is 2. The Kier molecular flexibility index (Phi) is 9.27. The smallest absolute Gasteiger partial charge is 0.244 e. The van der Waals surface area contributed by atoms with E-state index in [2.05, 4.69) is 21.2 Å². The van der Waals surface area contributed by atoms with Crippen molar-refractivity contribution < 1.29 is 18.0 Å². The Morgan fingerprint density at radius 3 is 2.34 bits per heavy atom. The van der Waals surface area contributed by atoms with E-state index in [0.29, 0.717) is 18.7 Å². The molecule has 1 unspecified atom stereocenters. The fourth-order valence-corrected chi connectivity index (χ4v) is 4.38. The summed E-state index contributed by atoms with van der Waals surface area (Å²) < 4.78 is 27.0. The summed E-state index contributed by atoms with van der Waals surface area (Å²) in [5, 5.41) is 2.74. The molecule has 2 rings (SSSR count). The summed E-state index contributed by atoms with van der Waals surface area (Å²) in [4.78, 5) is 27.3. The molecule has 0 saturated carbocycles. The van der Waals surface area contributed by atoms with Gasteiger partial charge in [-0.15, -0.1) is 0 Å². The first kappa shape index (κ1) is 25.9. The molecule has 0 bridgehead atoms. The van der Waals surface area contributed by atoms with Crippen LogP contribution in [0.3, 0.4) is 0 Å². The lowest BCUT2D eigenvalue weighted by molar-refractivity contribution is -0.138. The second-order valence-corrected chi connectivity index (χ2v) is 10.4. The van der Waals surface area contributed by atoms with Gasteiger partial charge in [-0.25, -0.2) is 8.42 Å². The van der Waals surface area contributed by atoms with Crippen molar-refractivity contribution in [3.05, 3.63) is 64.1 Å². The van der Waals surface area contributed by atoms with Crippen LogP contribution in [0.1, 0.15) is 25.0 Å². The summed E-state index contributed by atoms with van der Waals surface area (Å²) in [6.45, 7) is 5.65.